The second-order valence-electron chi connectivity index (χ2n) is 9.85. The number of aliphatic hydroxyl groups is 9. The number of amides is 2. The minimum atomic E-state index is -1.93. The lowest BCUT2D eigenvalue weighted by Gasteiger charge is -2.47. The predicted molar refractivity (Wildman–Crippen MR) is 124 cm³/mol. The van der Waals surface area contributed by atoms with Gasteiger partial charge in [-0.2, -0.15) is 0 Å². The number of rotatable bonds is 9. The van der Waals surface area contributed by atoms with E-state index in [4.69, 9.17) is 23.7 Å². The molecule has 0 aromatic heterocycles. The normalized spacial score (nSPS) is 46.0. The zero-order valence-electron chi connectivity index (χ0n) is 21.7. The fourth-order valence-electron chi connectivity index (χ4n) is 4.77. The molecule has 3 fully saturated rings. The molecule has 3 saturated heterocycles. The van der Waals surface area contributed by atoms with Gasteiger partial charge in [0.2, 0.25) is 11.8 Å². The highest BCUT2D eigenvalue weighted by molar-refractivity contribution is 5.73. The van der Waals surface area contributed by atoms with Gasteiger partial charge < -0.3 is 80.3 Å². The molecule has 0 radical (unpaired) electrons. The molecule has 0 aliphatic carbocycles. The quantitative estimate of drug-likeness (QED) is 0.120. The molecule has 3 rings (SSSR count). The number of carbonyl (C=O) groups is 2. The third-order valence-corrected chi connectivity index (χ3v) is 6.88. The van der Waals surface area contributed by atoms with Gasteiger partial charge in [-0.15, -0.1) is 0 Å². The van der Waals surface area contributed by atoms with Gasteiger partial charge in [0.15, 0.2) is 18.9 Å². The first kappa shape index (κ1) is 32.9. The molecule has 232 valence electrons. The average molecular weight is 587 g/mol. The lowest BCUT2D eigenvalue weighted by molar-refractivity contribution is -0.349. The van der Waals surface area contributed by atoms with Gasteiger partial charge in [-0.05, 0) is 0 Å². The van der Waals surface area contributed by atoms with Gasteiger partial charge in [0.1, 0.15) is 73.1 Å². The molecule has 0 spiro atoms. The average Bonchev–Trinajstić information content (AvgIpc) is 2.90. The van der Waals surface area contributed by atoms with Crippen LogP contribution in [0.1, 0.15) is 13.8 Å². The Kier molecular flexibility index (Phi) is 11.5. The molecule has 0 unspecified atom stereocenters. The maximum Gasteiger partial charge on any atom is 0.217 e. The standard InChI is InChI=1S/C22H38N2O16/c1-6(27)23-11-15(31)13(29)8(3-25)38-21(11)36-5-10-19(17(33)18(34)20(35)37-10)40-22-12(24-7(2)28)16(32)14(30)9(4-26)39-22/h8-22,25-26,29-35H,3-5H2,1-2H3,(H,23,27)(H,24,28)/t8-,9-,10-,11-,12-,13-,14-,15-,16-,17-,18-,19+,20-,21-,22+/m1/s1. The predicted octanol–water partition coefficient (Wildman–Crippen LogP) is -7.29. The molecule has 2 amide bonds. The van der Waals surface area contributed by atoms with Crippen LogP contribution in [0.15, 0.2) is 0 Å². The minimum Gasteiger partial charge on any atom is -0.394 e. The van der Waals surface area contributed by atoms with Crippen molar-refractivity contribution >= 4 is 11.8 Å². The van der Waals surface area contributed by atoms with E-state index in [9.17, 15) is 55.5 Å². The Labute approximate surface area is 228 Å². The van der Waals surface area contributed by atoms with Crippen molar-refractivity contribution in [3.05, 3.63) is 0 Å². The van der Waals surface area contributed by atoms with Crippen LogP contribution in [0.5, 0.6) is 0 Å². The Morgan fingerprint density at radius 1 is 0.650 bits per heavy atom. The van der Waals surface area contributed by atoms with Crippen LogP contribution in [-0.4, -0.2) is 170 Å². The second-order valence-corrected chi connectivity index (χ2v) is 9.85. The molecular weight excluding hydrogens is 548 g/mol. The third-order valence-electron chi connectivity index (χ3n) is 6.88. The van der Waals surface area contributed by atoms with Crippen LogP contribution in [-0.2, 0) is 33.3 Å². The Hall–Kier alpha value is -1.62. The fourth-order valence-corrected chi connectivity index (χ4v) is 4.77. The van der Waals surface area contributed by atoms with Crippen LogP contribution in [0.3, 0.4) is 0 Å². The molecule has 18 heteroatoms. The van der Waals surface area contributed by atoms with Crippen molar-refractivity contribution in [2.24, 2.45) is 0 Å². The summed E-state index contributed by atoms with van der Waals surface area (Å²) in [4.78, 5) is 23.4. The highest BCUT2D eigenvalue weighted by atomic mass is 16.7. The Balaban J connectivity index is 1.82. The van der Waals surface area contributed by atoms with Gasteiger partial charge >= 0.3 is 0 Å². The van der Waals surface area contributed by atoms with Crippen molar-refractivity contribution in [3.8, 4) is 0 Å². The third kappa shape index (κ3) is 7.23. The van der Waals surface area contributed by atoms with E-state index in [2.05, 4.69) is 10.6 Å². The molecule has 0 aromatic carbocycles. The van der Waals surface area contributed by atoms with Crippen molar-refractivity contribution in [1.82, 2.24) is 10.6 Å². The molecular formula is C22H38N2O16. The van der Waals surface area contributed by atoms with Gasteiger partial charge in [0.25, 0.3) is 0 Å². The molecule has 3 aliphatic heterocycles. The van der Waals surface area contributed by atoms with Crippen molar-refractivity contribution in [2.75, 3.05) is 19.8 Å². The summed E-state index contributed by atoms with van der Waals surface area (Å²) in [6.45, 7) is 0.164. The molecule has 0 bridgehead atoms. The van der Waals surface area contributed by atoms with E-state index >= 15 is 0 Å². The van der Waals surface area contributed by atoms with Crippen LogP contribution in [0.2, 0.25) is 0 Å². The van der Waals surface area contributed by atoms with Crippen LogP contribution in [0.4, 0.5) is 0 Å². The lowest BCUT2D eigenvalue weighted by Crippen LogP contribution is -2.68. The maximum atomic E-state index is 11.7. The number of nitrogens with one attached hydrogen (secondary N) is 2. The van der Waals surface area contributed by atoms with E-state index in [-0.39, 0.29) is 0 Å². The van der Waals surface area contributed by atoms with Gasteiger partial charge in [-0.25, -0.2) is 0 Å². The zero-order chi connectivity index (χ0) is 29.9. The number of ether oxygens (including phenoxy) is 5. The molecule has 11 N–H and O–H groups in total. The summed E-state index contributed by atoms with van der Waals surface area (Å²) in [5.41, 5.74) is 0. The van der Waals surface area contributed by atoms with Gasteiger partial charge in [-0.1, -0.05) is 0 Å². The summed E-state index contributed by atoms with van der Waals surface area (Å²) in [6, 6.07) is -2.74. The molecule has 0 saturated carbocycles. The van der Waals surface area contributed by atoms with Crippen LogP contribution < -0.4 is 10.6 Å². The topological polar surface area (TPSA) is 286 Å². The Morgan fingerprint density at radius 3 is 1.60 bits per heavy atom. The highest BCUT2D eigenvalue weighted by Gasteiger charge is 2.52. The smallest absolute Gasteiger partial charge is 0.217 e. The van der Waals surface area contributed by atoms with Crippen LogP contribution in [0.25, 0.3) is 0 Å². The first-order chi connectivity index (χ1) is 18.8. The van der Waals surface area contributed by atoms with Crippen LogP contribution >= 0.6 is 0 Å². The minimum absolute atomic E-state index is 0.612. The number of hydrogen-bond acceptors (Lipinski definition) is 16. The summed E-state index contributed by atoms with van der Waals surface area (Å²) in [5.74, 6) is -1.26. The van der Waals surface area contributed by atoms with E-state index in [0.717, 1.165) is 13.8 Å². The molecule has 40 heavy (non-hydrogen) atoms. The summed E-state index contributed by atoms with van der Waals surface area (Å²) in [7, 11) is 0. The van der Waals surface area contributed by atoms with Gasteiger partial charge in [0, 0.05) is 13.8 Å². The molecule has 3 heterocycles. The summed E-state index contributed by atoms with van der Waals surface area (Å²) in [5, 5.41) is 96.1. The fraction of sp³-hybridized carbons (Fsp3) is 0.909. The van der Waals surface area contributed by atoms with Crippen molar-refractivity contribution in [2.45, 2.75) is 106 Å². The van der Waals surface area contributed by atoms with Gasteiger partial charge in [0.05, 0.1) is 19.8 Å². The summed E-state index contributed by atoms with van der Waals surface area (Å²) < 4.78 is 27.7. The Morgan fingerprint density at radius 2 is 1.12 bits per heavy atom. The summed E-state index contributed by atoms with van der Waals surface area (Å²) >= 11 is 0. The first-order valence-electron chi connectivity index (χ1n) is 12.6. The lowest BCUT2D eigenvalue weighted by atomic mass is 9.95. The molecule has 3 aliphatic rings. The largest absolute Gasteiger partial charge is 0.394 e. The number of carbonyl (C=O) groups excluding carboxylic acids is 2. The monoisotopic (exact) mass is 586 g/mol. The van der Waals surface area contributed by atoms with E-state index in [1.54, 1.807) is 0 Å². The SMILES string of the molecule is CC(=O)N[C@H]1[C@H](OC[C@H]2O[C@@H](O)[C@H](O)[C@@H](O)[C@H]2O[C@@H]2O[C@H](CO)[C@@H](O)[C@H](O)[C@H]2NC(C)=O)O[C@H](CO)[C@@H](O)[C@@H]1O. The van der Waals surface area contributed by atoms with Gasteiger partial charge in [-0.3, -0.25) is 9.59 Å². The van der Waals surface area contributed by atoms with Crippen LogP contribution in [0, 0.1) is 0 Å². The number of aliphatic hydroxyl groups excluding tert-OH is 9. The molecule has 0 aromatic rings. The van der Waals surface area contributed by atoms with Crippen molar-refractivity contribution < 1.29 is 79.2 Å². The first-order valence-corrected chi connectivity index (χ1v) is 12.6. The summed E-state index contributed by atoms with van der Waals surface area (Å²) in [6.07, 6.45) is -21.1. The second kappa shape index (κ2) is 14.0. The Bertz CT molecular complexity index is 854. The van der Waals surface area contributed by atoms with E-state index in [0.29, 0.717) is 0 Å². The number of hydrogen-bond donors (Lipinski definition) is 11. The maximum absolute atomic E-state index is 11.7. The van der Waals surface area contributed by atoms with E-state index < -0.39 is 124 Å². The molecule has 18 nitrogen and oxygen atoms in total. The highest BCUT2D eigenvalue weighted by Crippen LogP contribution is 2.30. The van der Waals surface area contributed by atoms with E-state index in [1.165, 1.54) is 0 Å². The zero-order valence-corrected chi connectivity index (χ0v) is 21.7. The molecule has 15 atom stereocenters. The van der Waals surface area contributed by atoms with E-state index in [1.807, 2.05) is 0 Å². The van der Waals surface area contributed by atoms with Crippen molar-refractivity contribution in [1.29, 1.82) is 0 Å². The van der Waals surface area contributed by atoms with Crippen molar-refractivity contribution in [3.63, 3.8) is 0 Å².